The molecule has 148 valence electrons. The lowest BCUT2D eigenvalue weighted by molar-refractivity contribution is 0.0724. The minimum Gasteiger partial charge on any atom is -0.340 e. The van der Waals surface area contributed by atoms with Crippen molar-refractivity contribution < 1.29 is 9.18 Å². The molecule has 6 heteroatoms. The van der Waals surface area contributed by atoms with Crippen molar-refractivity contribution in [2.45, 2.75) is 26.2 Å². The molecule has 0 unspecified atom stereocenters. The lowest BCUT2D eigenvalue weighted by Gasteiger charge is -2.26. The van der Waals surface area contributed by atoms with Crippen molar-refractivity contribution in [3.8, 4) is 11.4 Å². The van der Waals surface area contributed by atoms with Crippen LogP contribution >= 0.6 is 0 Å². The molecular weight excluding hydrogens is 367 g/mol. The van der Waals surface area contributed by atoms with Gasteiger partial charge in [0.15, 0.2) is 5.82 Å². The first-order chi connectivity index (χ1) is 14.1. The number of carbonyl (C=O) groups is 1. The zero-order valence-corrected chi connectivity index (χ0v) is 16.4. The van der Waals surface area contributed by atoms with Crippen molar-refractivity contribution in [3.05, 3.63) is 71.7 Å². The molecule has 0 saturated carbocycles. The number of hydrogen-bond acceptors (Lipinski definition) is 4. The number of aromatic nitrogens is 2. The number of nitrogens with one attached hydrogen (secondary N) is 1. The lowest BCUT2D eigenvalue weighted by Crippen LogP contribution is -2.35. The van der Waals surface area contributed by atoms with E-state index in [-0.39, 0.29) is 11.7 Å². The molecule has 1 aromatic heterocycles. The van der Waals surface area contributed by atoms with Crippen LogP contribution in [0, 0.1) is 12.7 Å². The van der Waals surface area contributed by atoms with Crippen LogP contribution in [0.5, 0.6) is 0 Å². The van der Waals surface area contributed by atoms with Gasteiger partial charge in [-0.15, -0.1) is 0 Å². The summed E-state index contributed by atoms with van der Waals surface area (Å²) in [7, 11) is 0. The van der Waals surface area contributed by atoms with Crippen LogP contribution in [0.4, 0.5) is 15.9 Å². The SMILES string of the molecule is Cc1cc(Nc2ccc(C(=O)N3CCCCC3)cc2)nc(-c2cccc(F)c2)n1. The second kappa shape index (κ2) is 8.39. The Hall–Kier alpha value is -3.28. The first-order valence-corrected chi connectivity index (χ1v) is 9.86. The molecule has 5 nitrogen and oxygen atoms in total. The minimum atomic E-state index is -0.323. The Morgan fingerprint density at radius 1 is 1.00 bits per heavy atom. The standard InChI is InChI=1S/C23H23FN4O/c1-16-14-21(27-22(25-16)18-6-5-7-19(24)15-18)26-20-10-8-17(9-11-20)23(29)28-12-3-2-4-13-28/h5-11,14-15H,2-4,12-13H2,1H3,(H,25,26,27). The zero-order valence-electron chi connectivity index (χ0n) is 16.4. The third-order valence-electron chi connectivity index (χ3n) is 4.98. The molecule has 0 bridgehead atoms. The van der Waals surface area contributed by atoms with E-state index in [0.29, 0.717) is 22.8 Å². The average molecular weight is 390 g/mol. The van der Waals surface area contributed by atoms with E-state index in [1.807, 2.05) is 42.2 Å². The van der Waals surface area contributed by atoms with Crippen LogP contribution in [-0.4, -0.2) is 33.9 Å². The van der Waals surface area contributed by atoms with Crippen molar-refractivity contribution in [1.29, 1.82) is 0 Å². The summed E-state index contributed by atoms with van der Waals surface area (Å²) in [4.78, 5) is 23.4. The van der Waals surface area contributed by atoms with E-state index in [0.717, 1.165) is 37.3 Å². The van der Waals surface area contributed by atoms with Crippen molar-refractivity contribution in [2.75, 3.05) is 18.4 Å². The van der Waals surface area contributed by atoms with E-state index in [2.05, 4.69) is 15.3 Å². The van der Waals surface area contributed by atoms with Crippen LogP contribution in [0.2, 0.25) is 0 Å². The van der Waals surface area contributed by atoms with Gasteiger partial charge in [0.05, 0.1) is 0 Å². The van der Waals surface area contributed by atoms with Crippen molar-refractivity contribution in [1.82, 2.24) is 14.9 Å². The maximum atomic E-state index is 13.5. The van der Waals surface area contributed by atoms with Gasteiger partial charge in [-0.2, -0.15) is 0 Å². The highest BCUT2D eigenvalue weighted by molar-refractivity contribution is 5.94. The van der Waals surface area contributed by atoms with Gasteiger partial charge in [0.1, 0.15) is 11.6 Å². The molecule has 0 atom stereocenters. The highest BCUT2D eigenvalue weighted by Gasteiger charge is 2.18. The summed E-state index contributed by atoms with van der Waals surface area (Å²) in [6.45, 7) is 3.54. The van der Waals surface area contributed by atoms with Crippen molar-refractivity contribution >= 4 is 17.4 Å². The number of piperidine rings is 1. The molecule has 0 radical (unpaired) electrons. The molecule has 29 heavy (non-hydrogen) atoms. The summed E-state index contributed by atoms with van der Waals surface area (Å²) < 4.78 is 13.5. The highest BCUT2D eigenvalue weighted by atomic mass is 19.1. The Morgan fingerprint density at radius 2 is 1.76 bits per heavy atom. The fourth-order valence-corrected chi connectivity index (χ4v) is 3.51. The number of anilines is 2. The third-order valence-corrected chi connectivity index (χ3v) is 4.98. The van der Waals surface area contributed by atoms with Crippen LogP contribution in [-0.2, 0) is 0 Å². The van der Waals surface area contributed by atoms with Gasteiger partial charge >= 0.3 is 0 Å². The second-order valence-corrected chi connectivity index (χ2v) is 7.28. The molecule has 0 aliphatic carbocycles. The number of benzene rings is 2. The Morgan fingerprint density at radius 3 is 2.48 bits per heavy atom. The van der Waals surface area contributed by atoms with Gasteiger partial charge in [-0.1, -0.05) is 12.1 Å². The summed E-state index contributed by atoms with van der Waals surface area (Å²) in [6.07, 6.45) is 3.35. The summed E-state index contributed by atoms with van der Waals surface area (Å²) in [5.41, 5.74) is 2.91. The lowest BCUT2D eigenvalue weighted by atomic mass is 10.1. The molecule has 1 amide bonds. The van der Waals surface area contributed by atoms with E-state index in [1.54, 1.807) is 12.1 Å². The van der Waals surface area contributed by atoms with Gasteiger partial charge < -0.3 is 10.2 Å². The summed E-state index contributed by atoms with van der Waals surface area (Å²) >= 11 is 0. The predicted octanol–water partition coefficient (Wildman–Crippen LogP) is 4.96. The predicted molar refractivity (Wildman–Crippen MR) is 112 cm³/mol. The molecular formula is C23H23FN4O. The van der Waals surface area contributed by atoms with Gasteiger partial charge in [-0.25, -0.2) is 14.4 Å². The molecule has 4 rings (SSSR count). The first kappa shape index (κ1) is 19.1. The molecule has 1 fully saturated rings. The monoisotopic (exact) mass is 390 g/mol. The van der Waals surface area contributed by atoms with E-state index in [9.17, 15) is 9.18 Å². The zero-order chi connectivity index (χ0) is 20.2. The van der Waals surface area contributed by atoms with Gasteiger partial charge in [-0.3, -0.25) is 4.79 Å². The summed E-state index contributed by atoms with van der Waals surface area (Å²) in [6, 6.07) is 15.5. The average Bonchev–Trinajstić information content (AvgIpc) is 2.74. The van der Waals surface area contributed by atoms with Crippen LogP contribution in [0.15, 0.2) is 54.6 Å². The number of likely N-dealkylation sites (tertiary alicyclic amines) is 1. The Kier molecular flexibility index (Phi) is 5.51. The van der Waals surface area contributed by atoms with E-state index in [4.69, 9.17) is 0 Å². The first-order valence-electron chi connectivity index (χ1n) is 9.86. The minimum absolute atomic E-state index is 0.0857. The third kappa shape index (κ3) is 4.59. The number of halogens is 1. The quantitative estimate of drug-likeness (QED) is 0.684. The van der Waals surface area contributed by atoms with Gasteiger partial charge in [0.25, 0.3) is 5.91 Å². The second-order valence-electron chi connectivity index (χ2n) is 7.28. The highest BCUT2D eigenvalue weighted by Crippen LogP contribution is 2.22. The van der Waals surface area contributed by atoms with Gasteiger partial charge in [0.2, 0.25) is 0 Å². The maximum Gasteiger partial charge on any atom is 0.253 e. The van der Waals surface area contributed by atoms with Crippen LogP contribution in [0.3, 0.4) is 0 Å². The maximum absolute atomic E-state index is 13.5. The number of hydrogen-bond donors (Lipinski definition) is 1. The molecule has 1 N–H and O–H groups in total. The number of rotatable bonds is 4. The van der Waals surface area contributed by atoms with Crippen LogP contribution in [0.25, 0.3) is 11.4 Å². The molecule has 2 aromatic carbocycles. The molecule has 1 aliphatic rings. The summed E-state index contributed by atoms with van der Waals surface area (Å²) in [5.74, 6) is 0.842. The topological polar surface area (TPSA) is 58.1 Å². The number of nitrogens with zero attached hydrogens (tertiary/aromatic N) is 3. The molecule has 3 aromatic rings. The largest absolute Gasteiger partial charge is 0.340 e. The summed E-state index contributed by atoms with van der Waals surface area (Å²) in [5, 5.41) is 3.25. The van der Waals surface area contributed by atoms with Gasteiger partial charge in [0, 0.05) is 41.7 Å². The number of aryl methyl sites for hydroxylation is 1. The fraction of sp³-hybridized carbons (Fsp3) is 0.261. The number of carbonyl (C=O) groups excluding carboxylic acids is 1. The van der Waals surface area contributed by atoms with Crippen molar-refractivity contribution in [3.63, 3.8) is 0 Å². The van der Waals surface area contributed by atoms with E-state index < -0.39 is 0 Å². The molecule has 1 saturated heterocycles. The number of amides is 1. The molecule has 1 aliphatic heterocycles. The fourth-order valence-electron chi connectivity index (χ4n) is 3.51. The van der Waals surface area contributed by atoms with E-state index in [1.165, 1.54) is 18.6 Å². The smallest absolute Gasteiger partial charge is 0.253 e. The molecule has 2 heterocycles. The van der Waals surface area contributed by atoms with Crippen molar-refractivity contribution in [2.24, 2.45) is 0 Å². The Balaban J connectivity index is 1.51. The Labute approximate surface area is 169 Å². The molecule has 0 spiro atoms. The van der Waals surface area contributed by atoms with Crippen LogP contribution < -0.4 is 5.32 Å². The van der Waals surface area contributed by atoms with E-state index >= 15 is 0 Å². The van der Waals surface area contributed by atoms with Crippen LogP contribution in [0.1, 0.15) is 35.3 Å². The Bertz CT molecular complexity index is 1010. The van der Waals surface area contributed by atoms with Gasteiger partial charge in [-0.05, 0) is 62.6 Å². The normalized spacial score (nSPS) is 13.9.